The Balaban J connectivity index is 2.14. The molecule has 0 aliphatic carbocycles. The van der Waals surface area contributed by atoms with E-state index >= 15 is 0 Å². The summed E-state index contributed by atoms with van der Waals surface area (Å²) in [6.07, 6.45) is 4.89. The van der Waals surface area contributed by atoms with Crippen molar-refractivity contribution in [1.29, 1.82) is 0 Å². The number of hydrogen-bond donors (Lipinski definition) is 3. The second kappa shape index (κ2) is 7.31. The summed E-state index contributed by atoms with van der Waals surface area (Å²) in [5.74, 6) is 0.145. The second-order valence-corrected chi connectivity index (χ2v) is 6.81. The van der Waals surface area contributed by atoms with Gasteiger partial charge in [0.05, 0.1) is 5.75 Å². The van der Waals surface area contributed by atoms with Crippen molar-refractivity contribution in [2.24, 2.45) is 0 Å². The molecule has 1 heterocycles. The average molecular weight is 263 g/mol. The molecular weight excluding hydrogens is 238 g/mol. The lowest BCUT2D eigenvalue weighted by Gasteiger charge is -2.26. The number of nitrogens with one attached hydrogen (secondary N) is 3. The molecule has 17 heavy (non-hydrogen) atoms. The zero-order valence-electron chi connectivity index (χ0n) is 10.8. The van der Waals surface area contributed by atoms with Gasteiger partial charge in [-0.1, -0.05) is 6.42 Å². The molecule has 0 bridgehead atoms. The Kier molecular flexibility index (Phi) is 6.40. The van der Waals surface area contributed by atoms with Crippen molar-refractivity contribution in [3.63, 3.8) is 0 Å². The SMILES string of the molecule is CNS(=O)(=O)CCNC(C)CC1CCCCN1. The largest absolute Gasteiger partial charge is 0.314 e. The minimum absolute atomic E-state index is 0.145. The van der Waals surface area contributed by atoms with Gasteiger partial charge in [-0.15, -0.1) is 0 Å². The predicted molar refractivity (Wildman–Crippen MR) is 70.6 cm³/mol. The predicted octanol–water partition coefficient (Wildman–Crippen LogP) is 0.0459. The molecule has 1 fully saturated rings. The van der Waals surface area contributed by atoms with E-state index in [1.54, 1.807) is 0 Å². The van der Waals surface area contributed by atoms with Crippen LogP contribution in [0.5, 0.6) is 0 Å². The monoisotopic (exact) mass is 263 g/mol. The zero-order chi connectivity index (χ0) is 12.7. The number of sulfonamides is 1. The van der Waals surface area contributed by atoms with Gasteiger partial charge >= 0.3 is 0 Å². The molecule has 0 aromatic carbocycles. The van der Waals surface area contributed by atoms with Gasteiger partial charge in [0.15, 0.2) is 0 Å². The summed E-state index contributed by atoms with van der Waals surface area (Å²) in [5.41, 5.74) is 0. The fourth-order valence-electron chi connectivity index (χ4n) is 2.18. The molecule has 0 aromatic rings. The Labute approximate surface area is 105 Å². The van der Waals surface area contributed by atoms with Crippen LogP contribution >= 0.6 is 0 Å². The van der Waals surface area contributed by atoms with E-state index < -0.39 is 10.0 Å². The van der Waals surface area contributed by atoms with E-state index in [9.17, 15) is 8.42 Å². The normalized spacial score (nSPS) is 23.5. The smallest absolute Gasteiger partial charge is 0.212 e. The molecule has 2 atom stereocenters. The molecule has 0 amide bonds. The molecule has 5 nitrogen and oxygen atoms in total. The third-order valence-corrected chi connectivity index (χ3v) is 4.59. The summed E-state index contributed by atoms with van der Waals surface area (Å²) >= 11 is 0. The zero-order valence-corrected chi connectivity index (χ0v) is 11.6. The summed E-state index contributed by atoms with van der Waals surface area (Å²) in [6.45, 7) is 3.74. The number of piperidine rings is 1. The van der Waals surface area contributed by atoms with Crippen molar-refractivity contribution >= 4 is 10.0 Å². The number of rotatable bonds is 7. The van der Waals surface area contributed by atoms with Gasteiger partial charge < -0.3 is 10.6 Å². The van der Waals surface area contributed by atoms with Crippen LogP contribution in [0, 0.1) is 0 Å². The maximum atomic E-state index is 11.2. The molecule has 2 unspecified atom stereocenters. The Bertz CT molecular complexity index is 300. The van der Waals surface area contributed by atoms with Crippen molar-refractivity contribution < 1.29 is 8.42 Å². The van der Waals surface area contributed by atoms with Gasteiger partial charge in [-0.3, -0.25) is 0 Å². The van der Waals surface area contributed by atoms with E-state index in [0.717, 1.165) is 13.0 Å². The molecule has 0 aromatic heterocycles. The van der Waals surface area contributed by atoms with Crippen LogP contribution < -0.4 is 15.4 Å². The van der Waals surface area contributed by atoms with Crippen molar-refractivity contribution in [3.05, 3.63) is 0 Å². The van der Waals surface area contributed by atoms with Gasteiger partial charge in [-0.05, 0) is 39.8 Å². The van der Waals surface area contributed by atoms with Crippen LogP contribution in [0.15, 0.2) is 0 Å². The molecule has 1 aliphatic heterocycles. The summed E-state index contributed by atoms with van der Waals surface area (Å²) < 4.78 is 24.7. The van der Waals surface area contributed by atoms with E-state index in [-0.39, 0.29) is 5.75 Å². The van der Waals surface area contributed by atoms with Crippen LogP contribution in [-0.4, -0.2) is 46.4 Å². The molecule has 0 saturated carbocycles. The summed E-state index contributed by atoms with van der Waals surface area (Å²) in [4.78, 5) is 0. The highest BCUT2D eigenvalue weighted by molar-refractivity contribution is 7.89. The topological polar surface area (TPSA) is 70.2 Å². The van der Waals surface area contributed by atoms with E-state index in [1.807, 2.05) is 0 Å². The van der Waals surface area contributed by atoms with Gasteiger partial charge in [0, 0.05) is 18.6 Å². The fourth-order valence-corrected chi connectivity index (χ4v) is 2.77. The maximum absolute atomic E-state index is 11.2. The van der Waals surface area contributed by atoms with Gasteiger partial charge in [0.2, 0.25) is 10.0 Å². The Morgan fingerprint density at radius 3 is 2.76 bits per heavy atom. The van der Waals surface area contributed by atoms with E-state index in [0.29, 0.717) is 18.6 Å². The van der Waals surface area contributed by atoms with Crippen molar-refractivity contribution in [1.82, 2.24) is 15.4 Å². The highest BCUT2D eigenvalue weighted by Crippen LogP contribution is 2.11. The molecule has 0 radical (unpaired) electrons. The first-order valence-corrected chi connectivity index (χ1v) is 8.06. The van der Waals surface area contributed by atoms with Crippen LogP contribution in [0.25, 0.3) is 0 Å². The van der Waals surface area contributed by atoms with E-state index in [2.05, 4.69) is 22.3 Å². The standard InChI is InChI=1S/C11H25N3O2S/c1-10(9-11-5-3-4-6-14-11)13-7-8-17(15,16)12-2/h10-14H,3-9H2,1-2H3. The lowest BCUT2D eigenvalue weighted by Crippen LogP contribution is -2.41. The van der Waals surface area contributed by atoms with Crippen molar-refractivity contribution in [3.8, 4) is 0 Å². The average Bonchev–Trinajstić information content (AvgIpc) is 2.30. The molecule has 3 N–H and O–H groups in total. The first-order chi connectivity index (χ1) is 8.03. The molecule has 1 rings (SSSR count). The quantitative estimate of drug-likeness (QED) is 0.607. The fraction of sp³-hybridized carbons (Fsp3) is 1.00. The van der Waals surface area contributed by atoms with Crippen LogP contribution in [-0.2, 0) is 10.0 Å². The van der Waals surface area contributed by atoms with Crippen molar-refractivity contribution in [2.45, 2.75) is 44.7 Å². The van der Waals surface area contributed by atoms with Gasteiger partial charge in [-0.2, -0.15) is 0 Å². The van der Waals surface area contributed by atoms with E-state index in [4.69, 9.17) is 0 Å². The first-order valence-electron chi connectivity index (χ1n) is 6.41. The summed E-state index contributed by atoms with van der Waals surface area (Å²) in [5, 5.41) is 6.76. The summed E-state index contributed by atoms with van der Waals surface area (Å²) in [6, 6.07) is 0.949. The Hall–Kier alpha value is -0.170. The lowest BCUT2D eigenvalue weighted by molar-refractivity contribution is 0.347. The third kappa shape index (κ3) is 6.35. The van der Waals surface area contributed by atoms with Gasteiger partial charge in [0.1, 0.15) is 0 Å². The van der Waals surface area contributed by atoms with Gasteiger partial charge in [0.25, 0.3) is 0 Å². The lowest BCUT2D eigenvalue weighted by atomic mass is 9.99. The van der Waals surface area contributed by atoms with E-state index in [1.165, 1.54) is 26.3 Å². The van der Waals surface area contributed by atoms with Crippen LogP contribution in [0.4, 0.5) is 0 Å². The van der Waals surface area contributed by atoms with Crippen LogP contribution in [0.3, 0.4) is 0 Å². The molecule has 102 valence electrons. The molecule has 1 saturated heterocycles. The van der Waals surface area contributed by atoms with Crippen molar-refractivity contribution in [2.75, 3.05) is 25.9 Å². The third-order valence-electron chi connectivity index (χ3n) is 3.23. The maximum Gasteiger partial charge on any atom is 0.212 e. The minimum atomic E-state index is -3.08. The Morgan fingerprint density at radius 1 is 1.41 bits per heavy atom. The highest BCUT2D eigenvalue weighted by atomic mass is 32.2. The molecule has 1 aliphatic rings. The molecule has 6 heteroatoms. The van der Waals surface area contributed by atoms with Gasteiger partial charge in [-0.25, -0.2) is 13.1 Å². The highest BCUT2D eigenvalue weighted by Gasteiger charge is 2.15. The summed E-state index contributed by atoms with van der Waals surface area (Å²) in [7, 11) is -1.63. The number of hydrogen-bond acceptors (Lipinski definition) is 4. The first kappa shape index (κ1) is 14.9. The molecular formula is C11H25N3O2S. The minimum Gasteiger partial charge on any atom is -0.314 e. The second-order valence-electron chi connectivity index (χ2n) is 4.76. The molecule has 0 spiro atoms. The van der Waals surface area contributed by atoms with Crippen LogP contribution in [0.1, 0.15) is 32.6 Å². The van der Waals surface area contributed by atoms with Crippen LogP contribution in [0.2, 0.25) is 0 Å². The Morgan fingerprint density at radius 2 is 2.18 bits per heavy atom.